The van der Waals surface area contributed by atoms with E-state index in [9.17, 15) is 4.79 Å². The summed E-state index contributed by atoms with van der Waals surface area (Å²) in [7, 11) is 1.92. The van der Waals surface area contributed by atoms with E-state index in [2.05, 4.69) is 20.8 Å². The zero-order valence-electron chi connectivity index (χ0n) is 11.1. The van der Waals surface area contributed by atoms with E-state index >= 15 is 0 Å². The molecular formula is C13H26N2O. The lowest BCUT2D eigenvalue weighted by Gasteiger charge is -2.33. The minimum absolute atomic E-state index is 0.235. The first-order chi connectivity index (χ1) is 7.50. The number of nitrogens with zero attached hydrogens (tertiary/aromatic N) is 1. The minimum atomic E-state index is -0.327. The second-order valence-electron chi connectivity index (χ2n) is 5.35. The molecule has 2 atom stereocenters. The maximum Gasteiger partial charge on any atom is 0.229 e. The largest absolute Gasteiger partial charge is 0.345 e. The number of carbonyl (C=O) groups excluding carboxylic acids is 1. The van der Waals surface area contributed by atoms with Gasteiger partial charge in [0.15, 0.2) is 0 Å². The van der Waals surface area contributed by atoms with Crippen LogP contribution in [0.25, 0.3) is 0 Å². The maximum atomic E-state index is 12.4. The molecule has 0 heterocycles. The predicted molar refractivity (Wildman–Crippen MR) is 67.0 cm³/mol. The number of carbonyl (C=O) groups is 1. The average molecular weight is 226 g/mol. The molecule has 2 N–H and O–H groups in total. The van der Waals surface area contributed by atoms with E-state index in [0.29, 0.717) is 6.54 Å². The Hall–Kier alpha value is -0.570. The third-order valence-electron chi connectivity index (χ3n) is 4.33. The predicted octanol–water partition coefficient (Wildman–Crippen LogP) is 1.87. The van der Waals surface area contributed by atoms with Crippen molar-refractivity contribution in [3.8, 4) is 0 Å². The number of hydrogen-bond acceptors (Lipinski definition) is 2. The van der Waals surface area contributed by atoms with Crippen LogP contribution in [0.3, 0.4) is 0 Å². The van der Waals surface area contributed by atoms with E-state index in [1.54, 1.807) is 0 Å². The van der Waals surface area contributed by atoms with E-state index in [0.717, 1.165) is 31.2 Å². The molecule has 0 aliphatic heterocycles. The Morgan fingerprint density at radius 1 is 1.44 bits per heavy atom. The summed E-state index contributed by atoms with van der Waals surface area (Å²) in [4.78, 5) is 14.3. The fourth-order valence-electron chi connectivity index (χ4n) is 2.42. The van der Waals surface area contributed by atoms with Gasteiger partial charge in [0.2, 0.25) is 5.91 Å². The molecular weight excluding hydrogens is 200 g/mol. The molecule has 0 aromatic rings. The highest BCUT2D eigenvalue weighted by Gasteiger charge is 2.39. The van der Waals surface area contributed by atoms with Gasteiger partial charge in [-0.1, -0.05) is 20.8 Å². The van der Waals surface area contributed by atoms with Gasteiger partial charge in [0.25, 0.3) is 0 Å². The van der Waals surface area contributed by atoms with Gasteiger partial charge in [0.1, 0.15) is 0 Å². The molecule has 1 amide bonds. The van der Waals surface area contributed by atoms with E-state index in [1.165, 1.54) is 6.42 Å². The van der Waals surface area contributed by atoms with Crippen LogP contribution in [0.4, 0.5) is 0 Å². The first-order valence-electron chi connectivity index (χ1n) is 6.46. The zero-order valence-corrected chi connectivity index (χ0v) is 11.1. The molecule has 0 radical (unpaired) electrons. The van der Waals surface area contributed by atoms with Crippen molar-refractivity contribution in [3.63, 3.8) is 0 Å². The highest BCUT2D eigenvalue weighted by atomic mass is 16.2. The molecule has 1 saturated carbocycles. The lowest BCUT2D eigenvalue weighted by atomic mass is 9.81. The van der Waals surface area contributed by atoms with E-state index < -0.39 is 0 Å². The molecule has 0 bridgehead atoms. The Balaban J connectivity index is 2.59. The van der Waals surface area contributed by atoms with Gasteiger partial charge in [-0.15, -0.1) is 0 Å². The molecule has 1 aliphatic carbocycles. The summed E-state index contributed by atoms with van der Waals surface area (Å²) >= 11 is 0. The first kappa shape index (κ1) is 13.5. The molecule has 2 unspecified atom stereocenters. The molecule has 3 nitrogen and oxygen atoms in total. The van der Waals surface area contributed by atoms with Gasteiger partial charge in [0, 0.05) is 20.1 Å². The molecule has 16 heavy (non-hydrogen) atoms. The van der Waals surface area contributed by atoms with Crippen molar-refractivity contribution in [3.05, 3.63) is 0 Å². The van der Waals surface area contributed by atoms with Crippen molar-refractivity contribution >= 4 is 5.91 Å². The van der Waals surface area contributed by atoms with Crippen LogP contribution in [0.15, 0.2) is 0 Å². The Morgan fingerprint density at radius 2 is 1.94 bits per heavy atom. The van der Waals surface area contributed by atoms with Gasteiger partial charge in [-0.2, -0.15) is 0 Å². The lowest BCUT2D eigenvalue weighted by molar-refractivity contribution is -0.141. The summed E-state index contributed by atoms with van der Waals surface area (Å²) in [5.74, 6) is 1.75. The lowest BCUT2D eigenvalue weighted by Crippen LogP contribution is -2.46. The molecule has 0 aromatic heterocycles. The fourth-order valence-corrected chi connectivity index (χ4v) is 2.42. The van der Waals surface area contributed by atoms with E-state index in [4.69, 9.17) is 5.73 Å². The molecule has 0 saturated heterocycles. The van der Waals surface area contributed by atoms with Crippen LogP contribution in [-0.2, 0) is 4.79 Å². The highest BCUT2D eigenvalue weighted by molar-refractivity contribution is 5.82. The number of nitrogens with two attached hydrogens (primary N) is 1. The summed E-state index contributed by atoms with van der Waals surface area (Å²) in [5.41, 5.74) is 5.47. The Kier molecular flexibility index (Phi) is 4.36. The van der Waals surface area contributed by atoms with Gasteiger partial charge in [0.05, 0.1) is 5.41 Å². The Labute approximate surface area is 99.4 Å². The smallest absolute Gasteiger partial charge is 0.229 e. The standard InChI is InChI=1S/C13H26N2O/c1-5-13(6-2,9-14)12(16)15(4)8-11-7-10(11)3/h10-11H,5-9,14H2,1-4H3. The van der Waals surface area contributed by atoms with Crippen LogP contribution < -0.4 is 5.73 Å². The van der Waals surface area contributed by atoms with Gasteiger partial charge in [-0.3, -0.25) is 4.79 Å². The Morgan fingerprint density at radius 3 is 2.25 bits per heavy atom. The monoisotopic (exact) mass is 226 g/mol. The van der Waals surface area contributed by atoms with Crippen molar-refractivity contribution in [2.75, 3.05) is 20.1 Å². The van der Waals surface area contributed by atoms with Crippen LogP contribution in [0.1, 0.15) is 40.0 Å². The van der Waals surface area contributed by atoms with Gasteiger partial charge < -0.3 is 10.6 Å². The number of amides is 1. The third-order valence-corrected chi connectivity index (χ3v) is 4.33. The van der Waals surface area contributed by atoms with Crippen molar-refractivity contribution in [1.82, 2.24) is 4.90 Å². The zero-order chi connectivity index (χ0) is 12.3. The summed E-state index contributed by atoms with van der Waals surface area (Å²) < 4.78 is 0. The second-order valence-corrected chi connectivity index (χ2v) is 5.35. The topological polar surface area (TPSA) is 46.3 Å². The van der Waals surface area contributed by atoms with Crippen molar-refractivity contribution in [2.45, 2.75) is 40.0 Å². The molecule has 1 fully saturated rings. The van der Waals surface area contributed by atoms with Crippen molar-refractivity contribution < 1.29 is 4.79 Å². The summed E-state index contributed by atoms with van der Waals surface area (Å²) in [6, 6.07) is 0. The van der Waals surface area contributed by atoms with Crippen LogP contribution in [0.5, 0.6) is 0 Å². The maximum absolute atomic E-state index is 12.4. The first-order valence-corrected chi connectivity index (χ1v) is 6.46. The van der Waals surface area contributed by atoms with Crippen LogP contribution >= 0.6 is 0 Å². The van der Waals surface area contributed by atoms with E-state index in [1.807, 2.05) is 11.9 Å². The Bertz CT molecular complexity index is 240. The van der Waals surface area contributed by atoms with Crippen LogP contribution in [0, 0.1) is 17.3 Å². The molecule has 0 spiro atoms. The normalized spacial score (nSPS) is 24.3. The SMILES string of the molecule is CCC(CC)(CN)C(=O)N(C)CC1CC1C. The summed E-state index contributed by atoms with van der Waals surface area (Å²) in [6.45, 7) is 7.73. The molecule has 3 heteroatoms. The molecule has 1 rings (SSSR count). The summed E-state index contributed by atoms with van der Waals surface area (Å²) in [6.07, 6.45) is 2.94. The quantitative estimate of drug-likeness (QED) is 0.751. The fraction of sp³-hybridized carbons (Fsp3) is 0.923. The molecule has 0 aromatic carbocycles. The van der Waals surface area contributed by atoms with Gasteiger partial charge in [-0.05, 0) is 31.1 Å². The molecule has 94 valence electrons. The number of hydrogen-bond donors (Lipinski definition) is 1. The second kappa shape index (κ2) is 5.17. The third kappa shape index (κ3) is 2.57. The van der Waals surface area contributed by atoms with Crippen LogP contribution in [-0.4, -0.2) is 30.9 Å². The number of rotatable bonds is 6. The highest BCUT2D eigenvalue weighted by Crippen LogP contribution is 2.39. The van der Waals surface area contributed by atoms with E-state index in [-0.39, 0.29) is 11.3 Å². The van der Waals surface area contributed by atoms with Crippen molar-refractivity contribution in [1.29, 1.82) is 0 Å². The summed E-state index contributed by atoms with van der Waals surface area (Å²) in [5, 5.41) is 0. The average Bonchev–Trinajstić information content (AvgIpc) is 2.97. The van der Waals surface area contributed by atoms with Crippen molar-refractivity contribution in [2.24, 2.45) is 23.0 Å². The minimum Gasteiger partial charge on any atom is -0.345 e. The van der Waals surface area contributed by atoms with Gasteiger partial charge >= 0.3 is 0 Å². The van der Waals surface area contributed by atoms with Crippen LogP contribution in [0.2, 0.25) is 0 Å². The molecule has 1 aliphatic rings. The van der Waals surface area contributed by atoms with Gasteiger partial charge in [-0.25, -0.2) is 0 Å².